The van der Waals surface area contributed by atoms with Crippen molar-refractivity contribution in [2.24, 2.45) is 0 Å². The van der Waals surface area contributed by atoms with E-state index in [1.807, 2.05) is 37.3 Å². The van der Waals surface area contributed by atoms with Crippen molar-refractivity contribution in [2.45, 2.75) is 20.8 Å². The van der Waals surface area contributed by atoms with E-state index in [1.165, 1.54) is 0 Å². The van der Waals surface area contributed by atoms with Crippen LogP contribution >= 0.6 is 0 Å². The highest BCUT2D eigenvalue weighted by Crippen LogP contribution is 2.21. The second kappa shape index (κ2) is 7.22. The number of hydrogen-bond donors (Lipinski definition) is 0. The average Bonchev–Trinajstić information content (AvgIpc) is 2.41. The highest BCUT2D eigenvalue weighted by atomic mass is 16.5. The van der Waals surface area contributed by atoms with Crippen LogP contribution in [0.2, 0.25) is 0 Å². The Bertz CT molecular complexity index is 509. The van der Waals surface area contributed by atoms with Crippen molar-refractivity contribution in [2.75, 3.05) is 13.2 Å². The molecule has 0 saturated heterocycles. The number of benzene rings is 1. The standard InChI is InChI=1S/C15H17NO3/c1-4-18-13-8-6-12(7-9-13)11(3)14(10-16)15(17)19-5-2/h6-9H,4-5H2,1-3H3/b14-11+. The Kier molecular flexibility index (Phi) is 5.62. The van der Waals surface area contributed by atoms with Crippen LogP contribution in [0.15, 0.2) is 29.8 Å². The van der Waals surface area contributed by atoms with E-state index < -0.39 is 5.97 Å². The lowest BCUT2D eigenvalue weighted by Gasteiger charge is -2.07. The van der Waals surface area contributed by atoms with Crippen molar-refractivity contribution >= 4 is 11.5 Å². The van der Waals surface area contributed by atoms with Gasteiger partial charge in [-0.1, -0.05) is 12.1 Å². The van der Waals surface area contributed by atoms with E-state index in [-0.39, 0.29) is 12.2 Å². The van der Waals surface area contributed by atoms with Gasteiger partial charge in [0.15, 0.2) is 0 Å². The average molecular weight is 259 g/mol. The van der Waals surface area contributed by atoms with E-state index in [9.17, 15) is 4.79 Å². The molecule has 4 nitrogen and oxygen atoms in total. The Hall–Kier alpha value is -2.28. The van der Waals surface area contributed by atoms with Crippen molar-refractivity contribution < 1.29 is 14.3 Å². The number of esters is 1. The molecule has 0 spiro atoms. The number of carbonyl (C=O) groups excluding carboxylic acids is 1. The van der Waals surface area contributed by atoms with Crippen LogP contribution < -0.4 is 4.74 Å². The number of allylic oxidation sites excluding steroid dienone is 1. The van der Waals surface area contributed by atoms with Crippen LogP contribution in [0, 0.1) is 11.3 Å². The van der Waals surface area contributed by atoms with Crippen molar-refractivity contribution in [3.05, 3.63) is 35.4 Å². The van der Waals surface area contributed by atoms with Gasteiger partial charge in [0, 0.05) is 0 Å². The van der Waals surface area contributed by atoms with Gasteiger partial charge in [-0.3, -0.25) is 0 Å². The van der Waals surface area contributed by atoms with Gasteiger partial charge in [0.2, 0.25) is 0 Å². The van der Waals surface area contributed by atoms with E-state index >= 15 is 0 Å². The van der Waals surface area contributed by atoms with Crippen LogP contribution in [-0.2, 0) is 9.53 Å². The molecule has 100 valence electrons. The number of rotatable bonds is 5. The van der Waals surface area contributed by atoms with Crippen molar-refractivity contribution in [1.29, 1.82) is 5.26 Å². The van der Waals surface area contributed by atoms with Crippen molar-refractivity contribution in [1.82, 2.24) is 0 Å². The molecule has 1 rings (SSSR count). The van der Waals surface area contributed by atoms with Crippen molar-refractivity contribution in [3.8, 4) is 11.8 Å². The summed E-state index contributed by atoms with van der Waals surface area (Å²) in [7, 11) is 0. The Morgan fingerprint density at radius 3 is 2.32 bits per heavy atom. The first-order chi connectivity index (χ1) is 9.13. The van der Waals surface area contributed by atoms with Gasteiger partial charge in [-0.25, -0.2) is 4.79 Å². The van der Waals surface area contributed by atoms with Crippen LogP contribution in [0.4, 0.5) is 0 Å². The number of nitrogens with zero attached hydrogens (tertiary/aromatic N) is 1. The summed E-state index contributed by atoms with van der Waals surface area (Å²) in [4.78, 5) is 11.6. The predicted octanol–water partition coefficient (Wildman–Crippen LogP) is 2.95. The molecule has 0 radical (unpaired) electrons. The SMILES string of the molecule is CCOC(=O)/C(C#N)=C(\C)c1ccc(OCC)cc1. The van der Waals surface area contributed by atoms with Gasteiger partial charge in [0.05, 0.1) is 13.2 Å². The van der Waals surface area contributed by atoms with Crippen LogP contribution in [0.1, 0.15) is 26.3 Å². The van der Waals surface area contributed by atoms with E-state index in [2.05, 4.69) is 0 Å². The molecule has 0 aromatic heterocycles. The van der Waals surface area contributed by atoms with Gasteiger partial charge in [0.25, 0.3) is 0 Å². The molecule has 0 bridgehead atoms. The summed E-state index contributed by atoms with van der Waals surface area (Å²) in [5, 5.41) is 9.06. The fourth-order valence-corrected chi connectivity index (χ4v) is 1.60. The third kappa shape index (κ3) is 3.85. The Balaban J connectivity index is 3.05. The summed E-state index contributed by atoms with van der Waals surface area (Å²) in [5.74, 6) is 0.171. The molecule has 0 amide bonds. The van der Waals surface area contributed by atoms with E-state index in [0.29, 0.717) is 12.2 Å². The van der Waals surface area contributed by atoms with Crippen LogP contribution in [0.25, 0.3) is 5.57 Å². The molecule has 0 aliphatic carbocycles. The fourth-order valence-electron chi connectivity index (χ4n) is 1.60. The molecule has 0 atom stereocenters. The zero-order chi connectivity index (χ0) is 14.3. The van der Waals surface area contributed by atoms with Gasteiger partial charge >= 0.3 is 5.97 Å². The number of carbonyl (C=O) groups is 1. The maximum atomic E-state index is 11.6. The Morgan fingerprint density at radius 2 is 1.84 bits per heavy atom. The molecule has 1 aromatic carbocycles. The molecule has 0 aliphatic heterocycles. The summed E-state index contributed by atoms with van der Waals surface area (Å²) in [6.07, 6.45) is 0. The first-order valence-corrected chi connectivity index (χ1v) is 6.15. The van der Waals surface area contributed by atoms with Gasteiger partial charge in [0.1, 0.15) is 17.4 Å². The summed E-state index contributed by atoms with van der Waals surface area (Å²) in [6, 6.07) is 9.15. The van der Waals surface area contributed by atoms with Gasteiger partial charge < -0.3 is 9.47 Å². The normalized spacial score (nSPS) is 11.3. The number of nitriles is 1. The van der Waals surface area contributed by atoms with Gasteiger partial charge in [-0.2, -0.15) is 5.26 Å². The van der Waals surface area contributed by atoms with Gasteiger partial charge in [-0.05, 0) is 44.0 Å². The lowest BCUT2D eigenvalue weighted by Crippen LogP contribution is -2.08. The summed E-state index contributed by atoms with van der Waals surface area (Å²) in [6.45, 7) is 6.19. The topological polar surface area (TPSA) is 59.3 Å². The molecule has 0 heterocycles. The lowest BCUT2D eigenvalue weighted by molar-refractivity contribution is -0.137. The fraction of sp³-hybridized carbons (Fsp3) is 0.333. The summed E-state index contributed by atoms with van der Waals surface area (Å²) in [5.41, 5.74) is 1.43. The Morgan fingerprint density at radius 1 is 1.21 bits per heavy atom. The maximum absolute atomic E-state index is 11.6. The zero-order valence-electron chi connectivity index (χ0n) is 11.4. The zero-order valence-corrected chi connectivity index (χ0v) is 11.4. The third-order valence-electron chi connectivity index (χ3n) is 2.56. The van der Waals surface area contributed by atoms with E-state index in [1.54, 1.807) is 13.8 Å². The quantitative estimate of drug-likeness (QED) is 0.463. The molecule has 0 aliphatic rings. The summed E-state index contributed by atoms with van der Waals surface area (Å²) < 4.78 is 10.2. The highest BCUT2D eigenvalue weighted by molar-refractivity contribution is 6.01. The molecule has 0 N–H and O–H groups in total. The molecule has 0 fully saturated rings. The first kappa shape index (κ1) is 14.8. The minimum atomic E-state index is -0.587. The van der Waals surface area contributed by atoms with Crippen LogP contribution in [-0.4, -0.2) is 19.2 Å². The number of hydrogen-bond acceptors (Lipinski definition) is 4. The minimum absolute atomic E-state index is 0.0333. The smallest absolute Gasteiger partial charge is 0.349 e. The van der Waals surface area contributed by atoms with Crippen molar-refractivity contribution in [3.63, 3.8) is 0 Å². The monoisotopic (exact) mass is 259 g/mol. The second-order valence-corrected chi connectivity index (χ2v) is 3.79. The number of ether oxygens (including phenoxy) is 2. The van der Waals surface area contributed by atoms with E-state index in [4.69, 9.17) is 14.7 Å². The maximum Gasteiger partial charge on any atom is 0.349 e. The highest BCUT2D eigenvalue weighted by Gasteiger charge is 2.14. The van der Waals surface area contributed by atoms with Crippen LogP contribution in [0.5, 0.6) is 5.75 Å². The van der Waals surface area contributed by atoms with E-state index in [0.717, 1.165) is 11.3 Å². The second-order valence-electron chi connectivity index (χ2n) is 3.79. The summed E-state index contributed by atoms with van der Waals surface area (Å²) >= 11 is 0. The minimum Gasteiger partial charge on any atom is -0.494 e. The molecule has 1 aromatic rings. The van der Waals surface area contributed by atoms with Gasteiger partial charge in [-0.15, -0.1) is 0 Å². The third-order valence-corrected chi connectivity index (χ3v) is 2.56. The molecular formula is C15H17NO3. The Labute approximate surface area is 113 Å². The van der Waals surface area contributed by atoms with Crippen LogP contribution in [0.3, 0.4) is 0 Å². The lowest BCUT2D eigenvalue weighted by atomic mass is 10.0. The molecular weight excluding hydrogens is 242 g/mol. The molecule has 4 heteroatoms. The molecule has 0 unspecified atom stereocenters. The largest absolute Gasteiger partial charge is 0.494 e. The molecule has 0 saturated carbocycles. The molecule has 19 heavy (non-hydrogen) atoms. The first-order valence-electron chi connectivity index (χ1n) is 6.15. The predicted molar refractivity (Wildman–Crippen MR) is 72.5 cm³/mol.